The summed E-state index contributed by atoms with van der Waals surface area (Å²) in [6, 6.07) is 5.65. The lowest BCUT2D eigenvalue weighted by molar-refractivity contribution is 0.475. The minimum Gasteiger partial charge on any atom is -0.508 e. The Morgan fingerprint density at radius 2 is 0.774 bits per heavy atom. The van der Waals surface area contributed by atoms with Crippen LogP contribution in [0, 0.1) is 22.9 Å². The highest BCUT2D eigenvalue weighted by Gasteiger charge is 2.42. The quantitative estimate of drug-likeness (QED) is 0.337. The standard InChI is InChI=1S/C28H46OSi2/c1-20(2)30(21(3)4,22(5)6)15-13-26-17-27(19-28(29)18-26)14-16-31(23(7)8,24(9)10)25(11)12/h17-25,29H,1-12H3. The van der Waals surface area contributed by atoms with Gasteiger partial charge >= 0.3 is 0 Å². The van der Waals surface area contributed by atoms with Gasteiger partial charge in [0.2, 0.25) is 0 Å². The van der Waals surface area contributed by atoms with E-state index in [1.54, 1.807) is 12.1 Å². The molecule has 0 saturated carbocycles. The SMILES string of the molecule is CC(C)[Si](C#Cc1cc(O)cc(C#C[Si](C(C)C)(C(C)C)C(C)C)c1)(C(C)C)C(C)C. The van der Waals surface area contributed by atoms with E-state index in [0.29, 0.717) is 33.2 Å². The molecule has 0 aromatic heterocycles. The largest absolute Gasteiger partial charge is 0.508 e. The third kappa shape index (κ3) is 5.88. The highest BCUT2D eigenvalue weighted by atomic mass is 28.3. The fourth-order valence-corrected chi connectivity index (χ4v) is 16.4. The molecule has 0 aliphatic heterocycles. The molecule has 0 fully saturated rings. The maximum atomic E-state index is 10.4. The summed E-state index contributed by atoms with van der Waals surface area (Å²) in [5, 5.41) is 10.4. The molecular formula is C28H46OSi2. The molecule has 0 heterocycles. The van der Waals surface area contributed by atoms with Crippen molar-refractivity contribution in [2.45, 2.75) is 116 Å². The van der Waals surface area contributed by atoms with Crippen molar-refractivity contribution in [2.75, 3.05) is 0 Å². The Labute approximate surface area is 195 Å². The van der Waals surface area contributed by atoms with E-state index < -0.39 is 16.1 Å². The van der Waals surface area contributed by atoms with E-state index in [4.69, 9.17) is 0 Å². The van der Waals surface area contributed by atoms with Crippen molar-refractivity contribution in [3.05, 3.63) is 29.3 Å². The van der Waals surface area contributed by atoms with Crippen LogP contribution in [0.2, 0.25) is 33.2 Å². The summed E-state index contributed by atoms with van der Waals surface area (Å²) in [7, 11) is -3.62. The van der Waals surface area contributed by atoms with Crippen LogP contribution in [0.4, 0.5) is 0 Å². The van der Waals surface area contributed by atoms with Gasteiger partial charge in [0.05, 0.1) is 0 Å². The van der Waals surface area contributed by atoms with E-state index in [9.17, 15) is 5.11 Å². The van der Waals surface area contributed by atoms with Gasteiger partial charge in [-0.1, -0.05) is 94.9 Å². The smallest absolute Gasteiger partial charge is 0.146 e. The molecule has 0 aliphatic carbocycles. The molecule has 3 heteroatoms. The maximum absolute atomic E-state index is 10.4. The molecule has 1 aromatic carbocycles. The van der Waals surface area contributed by atoms with Crippen molar-refractivity contribution < 1.29 is 5.11 Å². The van der Waals surface area contributed by atoms with Crippen molar-refractivity contribution in [3.63, 3.8) is 0 Å². The van der Waals surface area contributed by atoms with Gasteiger partial charge in [0.1, 0.15) is 21.9 Å². The number of rotatable bonds is 6. The predicted molar refractivity (Wildman–Crippen MR) is 144 cm³/mol. The Hall–Kier alpha value is -1.43. The zero-order valence-corrected chi connectivity index (χ0v) is 24.1. The molecule has 31 heavy (non-hydrogen) atoms. The topological polar surface area (TPSA) is 20.2 Å². The van der Waals surface area contributed by atoms with Crippen LogP contribution in [-0.2, 0) is 0 Å². The zero-order chi connectivity index (χ0) is 24.1. The van der Waals surface area contributed by atoms with Gasteiger partial charge in [-0.2, -0.15) is 0 Å². The van der Waals surface area contributed by atoms with Crippen LogP contribution in [0.25, 0.3) is 0 Å². The molecule has 172 valence electrons. The zero-order valence-electron chi connectivity index (χ0n) is 22.1. The van der Waals surface area contributed by atoms with E-state index in [-0.39, 0.29) is 5.75 Å². The Morgan fingerprint density at radius 3 is 1.00 bits per heavy atom. The average Bonchev–Trinajstić information content (AvgIpc) is 2.60. The Morgan fingerprint density at radius 1 is 0.516 bits per heavy atom. The van der Waals surface area contributed by atoms with Crippen molar-refractivity contribution in [1.29, 1.82) is 0 Å². The second-order valence-corrected chi connectivity index (χ2v) is 22.2. The number of phenols is 1. The molecule has 0 amide bonds. The van der Waals surface area contributed by atoms with Gasteiger partial charge in [0.15, 0.2) is 0 Å². The second-order valence-electron chi connectivity index (χ2n) is 11.1. The lowest BCUT2D eigenvalue weighted by Gasteiger charge is -2.38. The van der Waals surface area contributed by atoms with Gasteiger partial charge in [-0.25, -0.2) is 0 Å². The first-order valence-electron chi connectivity index (χ1n) is 12.1. The molecule has 0 aliphatic rings. The summed E-state index contributed by atoms with van der Waals surface area (Å²) in [4.78, 5) is 0. The Balaban J connectivity index is 3.55. The van der Waals surface area contributed by atoms with Crippen LogP contribution in [0.15, 0.2) is 18.2 Å². The second kappa shape index (κ2) is 10.9. The fraction of sp³-hybridized carbons (Fsp3) is 0.643. The van der Waals surface area contributed by atoms with Crippen LogP contribution in [0.1, 0.15) is 94.2 Å². The van der Waals surface area contributed by atoms with E-state index in [1.165, 1.54) is 0 Å². The van der Waals surface area contributed by atoms with Crippen LogP contribution in [0.3, 0.4) is 0 Å². The molecule has 1 rings (SSSR count). The minimum atomic E-state index is -1.81. The molecule has 0 atom stereocenters. The molecular weight excluding hydrogens is 408 g/mol. The predicted octanol–water partition coefficient (Wildman–Crippen LogP) is 8.53. The van der Waals surface area contributed by atoms with Crippen molar-refractivity contribution in [2.24, 2.45) is 0 Å². The summed E-state index contributed by atoms with van der Waals surface area (Å²) in [5.74, 6) is 7.20. The molecule has 0 bridgehead atoms. The first-order valence-corrected chi connectivity index (χ1v) is 16.6. The van der Waals surface area contributed by atoms with Gasteiger partial charge in [-0.15, -0.1) is 11.1 Å². The van der Waals surface area contributed by atoms with Crippen molar-refractivity contribution >= 4 is 16.1 Å². The number of hydrogen-bond donors (Lipinski definition) is 1. The molecule has 0 spiro atoms. The maximum Gasteiger partial charge on any atom is 0.146 e. The normalized spacial score (nSPS) is 12.6. The Kier molecular flexibility index (Phi) is 9.74. The van der Waals surface area contributed by atoms with Crippen LogP contribution in [-0.4, -0.2) is 21.3 Å². The van der Waals surface area contributed by atoms with Gasteiger partial charge in [-0.05, 0) is 51.4 Å². The fourth-order valence-electron chi connectivity index (χ4n) is 5.98. The molecule has 0 unspecified atom stereocenters. The van der Waals surface area contributed by atoms with Crippen LogP contribution < -0.4 is 0 Å². The summed E-state index contributed by atoms with van der Waals surface area (Å²) in [5.41, 5.74) is 12.8. The third-order valence-electron chi connectivity index (χ3n) is 7.50. The van der Waals surface area contributed by atoms with Gasteiger partial charge < -0.3 is 5.11 Å². The lowest BCUT2D eigenvalue weighted by atomic mass is 10.1. The number of phenolic OH excluding ortho intramolecular Hbond substituents is 1. The highest BCUT2D eigenvalue weighted by Crippen LogP contribution is 2.42. The number of benzene rings is 1. The number of aromatic hydroxyl groups is 1. The van der Waals surface area contributed by atoms with Gasteiger partial charge in [0.25, 0.3) is 0 Å². The summed E-state index contributed by atoms with van der Waals surface area (Å²) in [6.45, 7) is 27.9. The van der Waals surface area contributed by atoms with Crippen LogP contribution >= 0.6 is 0 Å². The summed E-state index contributed by atoms with van der Waals surface area (Å²) in [6.07, 6.45) is 0. The van der Waals surface area contributed by atoms with Gasteiger partial charge in [0, 0.05) is 11.1 Å². The molecule has 0 saturated heterocycles. The lowest BCUT2D eigenvalue weighted by Crippen LogP contribution is -2.43. The third-order valence-corrected chi connectivity index (χ3v) is 20.1. The molecule has 1 aromatic rings. The van der Waals surface area contributed by atoms with Crippen molar-refractivity contribution in [3.8, 4) is 28.7 Å². The number of hydrogen-bond acceptors (Lipinski definition) is 1. The molecule has 1 N–H and O–H groups in total. The minimum absolute atomic E-state index is 0.257. The first kappa shape index (κ1) is 27.6. The van der Waals surface area contributed by atoms with E-state index in [1.807, 2.05) is 0 Å². The van der Waals surface area contributed by atoms with E-state index in [2.05, 4.69) is 112 Å². The summed E-state index contributed by atoms with van der Waals surface area (Å²) < 4.78 is 0. The first-order chi connectivity index (χ1) is 14.2. The van der Waals surface area contributed by atoms with E-state index >= 15 is 0 Å². The molecule has 0 radical (unpaired) electrons. The Bertz CT molecular complexity index is 743. The summed E-state index contributed by atoms with van der Waals surface area (Å²) >= 11 is 0. The monoisotopic (exact) mass is 454 g/mol. The highest BCUT2D eigenvalue weighted by molar-refractivity contribution is 6.91. The van der Waals surface area contributed by atoms with E-state index in [0.717, 1.165) is 11.1 Å². The average molecular weight is 455 g/mol. The van der Waals surface area contributed by atoms with Crippen LogP contribution in [0.5, 0.6) is 5.75 Å². The molecule has 1 nitrogen and oxygen atoms in total. The van der Waals surface area contributed by atoms with Crippen molar-refractivity contribution in [1.82, 2.24) is 0 Å². The van der Waals surface area contributed by atoms with Gasteiger partial charge in [-0.3, -0.25) is 0 Å².